The lowest BCUT2D eigenvalue weighted by atomic mass is 9.98. The van der Waals surface area contributed by atoms with Crippen molar-refractivity contribution < 1.29 is 21.2 Å². The van der Waals surface area contributed by atoms with Crippen molar-refractivity contribution >= 4 is 64.6 Å². The zero-order valence-electron chi connectivity index (χ0n) is 33.7. The first-order valence-electron chi connectivity index (χ1n) is 19.4. The molecule has 0 bridgehead atoms. The Balaban J connectivity index is 0.000000180. The van der Waals surface area contributed by atoms with Crippen LogP contribution in [-0.2, 0) is 20.0 Å². The van der Waals surface area contributed by atoms with E-state index in [2.05, 4.69) is 48.1 Å². The summed E-state index contributed by atoms with van der Waals surface area (Å²) in [5, 5.41) is 5.19. The van der Waals surface area contributed by atoms with E-state index >= 15 is 0 Å². The first-order valence-corrected chi connectivity index (χ1v) is 24.5. The van der Waals surface area contributed by atoms with E-state index in [0.717, 1.165) is 33.3 Å². The van der Waals surface area contributed by atoms with E-state index in [0.29, 0.717) is 57.9 Å². The molecule has 2 atom stereocenters. The minimum atomic E-state index is -3.71. The number of rotatable bonds is 8. The lowest BCUT2D eigenvalue weighted by Gasteiger charge is -2.38. The van der Waals surface area contributed by atoms with E-state index in [1.54, 1.807) is 65.1 Å². The van der Waals surface area contributed by atoms with Crippen molar-refractivity contribution in [3.8, 4) is 22.5 Å². The fraction of sp³-hybridized carbons (Fsp3) is 0.349. The molecule has 8 rings (SSSR count). The third-order valence-electron chi connectivity index (χ3n) is 10.8. The Morgan fingerprint density at radius 1 is 0.712 bits per heavy atom. The summed E-state index contributed by atoms with van der Waals surface area (Å²) in [5.74, 6) is -0.543. The molecule has 0 spiro atoms. The van der Waals surface area contributed by atoms with Crippen LogP contribution in [0.5, 0.6) is 0 Å². The highest BCUT2D eigenvalue weighted by Gasteiger charge is 2.43. The van der Waals surface area contributed by atoms with Crippen LogP contribution in [-0.4, -0.2) is 97.9 Å². The molecule has 3 aromatic carbocycles. The van der Waals surface area contributed by atoms with Crippen molar-refractivity contribution in [3.63, 3.8) is 0 Å². The normalized spacial score (nSPS) is 20.4. The van der Waals surface area contributed by atoms with Crippen LogP contribution in [0.4, 0.5) is 14.7 Å². The smallest absolute Gasteiger partial charge is 0.243 e. The molecule has 2 aromatic heterocycles. The second-order valence-electron chi connectivity index (χ2n) is 15.2. The number of aromatic nitrogens is 2. The number of hydrogen-bond donors (Lipinski definition) is 0. The summed E-state index contributed by atoms with van der Waals surface area (Å²) in [4.78, 5) is 13.0. The SMILES string of the molecule is Cc1cc(C)c(-c2csc(N3CCN(S(=O)(=O)C4C=CC=CC4(C)Cl)CC3)n2)c(C)c1.Cc1ccc(F)cc1S(=O)(=O)N1CCN(c2nc(-c3ccccc3)cs2)CC1. The van der Waals surface area contributed by atoms with E-state index in [1.165, 1.54) is 38.7 Å². The summed E-state index contributed by atoms with van der Waals surface area (Å²) in [5.41, 5.74) is 8.42. The van der Waals surface area contributed by atoms with Crippen molar-refractivity contribution in [3.05, 3.63) is 124 Å². The van der Waals surface area contributed by atoms with Gasteiger partial charge in [0.15, 0.2) is 10.3 Å². The summed E-state index contributed by atoms with van der Waals surface area (Å²) in [6, 6.07) is 18.2. The Bertz CT molecular complexity index is 2560. The Kier molecular flexibility index (Phi) is 12.8. The molecule has 3 aliphatic rings. The molecular formula is C43H48ClFN6O4S4. The van der Waals surface area contributed by atoms with Gasteiger partial charge in [0.05, 0.1) is 21.2 Å². The lowest BCUT2D eigenvalue weighted by molar-refractivity contribution is 0.379. The zero-order chi connectivity index (χ0) is 42.1. The molecule has 312 valence electrons. The number of anilines is 2. The number of sulfonamides is 2. The lowest BCUT2D eigenvalue weighted by Crippen LogP contribution is -2.54. The van der Waals surface area contributed by atoms with Crippen LogP contribution in [0.25, 0.3) is 22.5 Å². The van der Waals surface area contributed by atoms with Gasteiger partial charge in [-0.25, -0.2) is 31.2 Å². The van der Waals surface area contributed by atoms with Gasteiger partial charge in [0.2, 0.25) is 20.0 Å². The molecule has 4 heterocycles. The first kappa shape index (κ1) is 43.1. The molecule has 59 heavy (non-hydrogen) atoms. The Labute approximate surface area is 360 Å². The highest BCUT2D eigenvalue weighted by atomic mass is 35.5. The fourth-order valence-corrected chi connectivity index (χ4v) is 13.6. The minimum Gasteiger partial charge on any atom is -0.345 e. The van der Waals surface area contributed by atoms with Crippen LogP contribution < -0.4 is 9.80 Å². The molecule has 2 saturated heterocycles. The molecule has 0 N–H and O–H groups in total. The summed E-state index contributed by atoms with van der Waals surface area (Å²) in [6.45, 7) is 13.7. The van der Waals surface area contributed by atoms with Crippen molar-refractivity contribution in [2.45, 2.75) is 49.6 Å². The Hall–Kier alpha value is -3.96. The second-order valence-corrected chi connectivity index (χ2v) is 21.7. The maximum Gasteiger partial charge on any atom is 0.243 e. The molecule has 16 heteroatoms. The van der Waals surface area contributed by atoms with Gasteiger partial charge in [-0.15, -0.1) is 34.3 Å². The van der Waals surface area contributed by atoms with Crippen molar-refractivity contribution in [1.29, 1.82) is 0 Å². The number of thiazole rings is 2. The molecule has 5 aromatic rings. The van der Waals surface area contributed by atoms with Crippen LogP contribution in [0.2, 0.25) is 0 Å². The summed E-state index contributed by atoms with van der Waals surface area (Å²) >= 11 is 9.67. The predicted octanol–water partition coefficient (Wildman–Crippen LogP) is 8.45. The monoisotopic (exact) mass is 894 g/mol. The highest BCUT2D eigenvalue weighted by molar-refractivity contribution is 7.90. The molecule has 2 unspecified atom stereocenters. The van der Waals surface area contributed by atoms with Gasteiger partial charge in [0.25, 0.3) is 0 Å². The molecular weight excluding hydrogens is 847 g/mol. The average Bonchev–Trinajstić information content (AvgIpc) is 3.90. The van der Waals surface area contributed by atoms with Gasteiger partial charge in [-0.05, 0) is 63.4 Å². The highest BCUT2D eigenvalue weighted by Crippen LogP contribution is 2.36. The third kappa shape index (κ3) is 9.36. The largest absolute Gasteiger partial charge is 0.345 e. The molecule has 0 radical (unpaired) electrons. The van der Waals surface area contributed by atoms with Crippen LogP contribution in [0, 0.1) is 33.5 Å². The van der Waals surface area contributed by atoms with Crippen molar-refractivity contribution in [2.24, 2.45) is 0 Å². The van der Waals surface area contributed by atoms with Gasteiger partial charge >= 0.3 is 0 Å². The van der Waals surface area contributed by atoms with Gasteiger partial charge in [0, 0.05) is 74.2 Å². The Morgan fingerprint density at radius 3 is 1.86 bits per heavy atom. The van der Waals surface area contributed by atoms with Gasteiger partial charge < -0.3 is 9.80 Å². The van der Waals surface area contributed by atoms with Crippen LogP contribution in [0.15, 0.2) is 101 Å². The summed E-state index contributed by atoms with van der Waals surface area (Å²) in [6.07, 6.45) is 7.00. The topological polar surface area (TPSA) is 107 Å². The standard InChI is InChI=1S/C23H28ClN3O2S2.C20H20FN3O2S2/c1-16-13-17(2)21(18(3)14-16)19-15-30-22(25-19)26-9-11-27(12-10-26)31(28,29)20-7-5-6-8-23(20,4)24;1-15-7-8-17(21)13-19(15)28(25,26)24-11-9-23(10-12-24)20-22-18(14-27-20)16-5-3-2-4-6-16/h5-8,13-15,20H,9-12H2,1-4H3;2-8,13-14H,9-12H2,1H3. The minimum absolute atomic E-state index is 0.0431. The van der Waals surface area contributed by atoms with E-state index in [4.69, 9.17) is 21.6 Å². The maximum atomic E-state index is 13.6. The van der Waals surface area contributed by atoms with Gasteiger partial charge in [0.1, 0.15) is 11.1 Å². The van der Waals surface area contributed by atoms with Crippen LogP contribution >= 0.6 is 34.3 Å². The average molecular weight is 896 g/mol. The predicted molar refractivity (Wildman–Crippen MR) is 240 cm³/mol. The van der Waals surface area contributed by atoms with Crippen LogP contribution in [0.3, 0.4) is 0 Å². The van der Waals surface area contributed by atoms with E-state index in [9.17, 15) is 21.2 Å². The second kappa shape index (κ2) is 17.6. The van der Waals surface area contributed by atoms with Gasteiger partial charge in [-0.3, -0.25) is 0 Å². The maximum absolute atomic E-state index is 13.6. The van der Waals surface area contributed by atoms with Crippen LogP contribution in [0.1, 0.15) is 29.2 Å². The first-order chi connectivity index (χ1) is 28.0. The summed E-state index contributed by atoms with van der Waals surface area (Å²) in [7, 11) is -7.24. The molecule has 0 saturated carbocycles. The van der Waals surface area contributed by atoms with Gasteiger partial charge in [-0.1, -0.05) is 78.4 Å². The number of halogens is 2. The Morgan fingerprint density at radius 2 is 1.27 bits per heavy atom. The fourth-order valence-electron chi connectivity index (χ4n) is 7.75. The van der Waals surface area contributed by atoms with E-state index in [1.807, 2.05) is 35.7 Å². The van der Waals surface area contributed by atoms with Crippen molar-refractivity contribution in [1.82, 2.24) is 18.6 Å². The van der Waals surface area contributed by atoms with E-state index < -0.39 is 36.0 Å². The molecule has 2 aliphatic heterocycles. The van der Waals surface area contributed by atoms with Crippen molar-refractivity contribution in [2.75, 3.05) is 62.2 Å². The molecule has 2 fully saturated rings. The van der Waals surface area contributed by atoms with E-state index in [-0.39, 0.29) is 4.90 Å². The molecule has 1 aliphatic carbocycles. The number of hydrogen-bond acceptors (Lipinski definition) is 10. The molecule has 10 nitrogen and oxygen atoms in total. The number of alkyl halides is 1. The number of benzene rings is 3. The van der Waals surface area contributed by atoms with Gasteiger partial charge in [-0.2, -0.15) is 8.61 Å². The number of aryl methyl sites for hydroxylation is 4. The quantitative estimate of drug-likeness (QED) is 0.143. The summed E-state index contributed by atoms with van der Waals surface area (Å²) < 4.78 is 68.8. The number of piperazine rings is 2. The third-order valence-corrected chi connectivity index (χ3v) is 17.5. The number of allylic oxidation sites excluding steroid dienone is 3. The molecule has 0 amide bonds. The zero-order valence-corrected chi connectivity index (χ0v) is 37.7. The number of nitrogens with zero attached hydrogens (tertiary/aromatic N) is 6.